The summed E-state index contributed by atoms with van der Waals surface area (Å²) in [6.45, 7) is 1.94. The Morgan fingerprint density at radius 2 is 1.82 bits per heavy atom. The zero-order chi connectivity index (χ0) is 24.1. The molecule has 1 aliphatic rings. The zero-order valence-electron chi connectivity index (χ0n) is 18.1. The van der Waals surface area contributed by atoms with Crippen LogP contribution in [0.4, 0.5) is 17.6 Å². The SMILES string of the molecule is CCCCCC1=NOC(C(=O)O)(C(OCc2ccc(F)cc2)c2ccc(C(F)(F)F)cc2)C1. The number of carboxylic acids is 1. The summed E-state index contributed by atoms with van der Waals surface area (Å²) in [5.74, 6) is -1.77. The van der Waals surface area contributed by atoms with Gasteiger partial charge in [0.1, 0.15) is 11.9 Å². The van der Waals surface area contributed by atoms with Gasteiger partial charge in [0.2, 0.25) is 0 Å². The lowest BCUT2D eigenvalue weighted by Crippen LogP contribution is -2.46. The van der Waals surface area contributed by atoms with Gasteiger partial charge in [0.25, 0.3) is 5.60 Å². The quantitative estimate of drug-likeness (QED) is 0.330. The standard InChI is InChI=1S/C24H25F4NO4/c1-2-3-4-5-20-14-23(22(30)31,33-29-20)21(32-15-16-6-12-19(25)13-7-16)17-8-10-18(11-9-17)24(26,27)28/h6-13,21H,2-5,14-15H2,1H3,(H,30,31). The van der Waals surface area contributed by atoms with Crippen LogP contribution in [0.3, 0.4) is 0 Å². The number of unbranched alkanes of at least 4 members (excludes halogenated alkanes) is 2. The second-order valence-electron chi connectivity index (χ2n) is 8.01. The van der Waals surface area contributed by atoms with Crippen LogP contribution in [0.1, 0.15) is 61.8 Å². The van der Waals surface area contributed by atoms with E-state index in [1.54, 1.807) is 0 Å². The second-order valence-corrected chi connectivity index (χ2v) is 8.01. The Morgan fingerprint density at radius 3 is 2.39 bits per heavy atom. The van der Waals surface area contributed by atoms with Crippen molar-refractivity contribution in [1.29, 1.82) is 0 Å². The molecule has 0 saturated carbocycles. The van der Waals surface area contributed by atoms with Gasteiger partial charge in [-0.3, -0.25) is 0 Å². The molecule has 0 radical (unpaired) electrons. The van der Waals surface area contributed by atoms with Crippen LogP contribution < -0.4 is 0 Å². The Labute approximate surface area is 189 Å². The third-order valence-electron chi connectivity index (χ3n) is 5.53. The molecule has 2 unspecified atom stereocenters. The average molecular weight is 467 g/mol. The molecule has 2 aromatic carbocycles. The summed E-state index contributed by atoms with van der Waals surface area (Å²) < 4.78 is 58.2. The first-order chi connectivity index (χ1) is 15.7. The zero-order valence-corrected chi connectivity index (χ0v) is 18.1. The van der Waals surface area contributed by atoms with E-state index < -0.39 is 35.2 Å². The number of benzene rings is 2. The van der Waals surface area contributed by atoms with Crippen LogP contribution in [0.15, 0.2) is 53.7 Å². The highest BCUT2D eigenvalue weighted by atomic mass is 19.4. The fourth-order valence-electron chi connectivity index (χ4n) is 3.70. The van der Waals surface area contributed by atoms with Gasteiger partial charge in [0.15, 0.2) is 0 Å². The van der Waals surface area contributed by atoms with E-state index in [9.17, 15) is 27.5 Å². The Hall–Kier alpha value is -2.94. The summed E-state index contributed by atoms with van der Waals surface area (Å²) in [6.07, 6.45) is -2.55. The molecule has 0 aliphatic carbocycles. The summed E-state index contributed by atoms with van der Waals surface area (Å²) in [7, 11) is 0. The molecule has 33 heavy (non-hydrogen) atoms. The van der Waals surface area contributed by atoms with Gasteiger partial charge in [0.05, 0.1) is 17.9 Å². The van der Waals surface area contributed by atoms with E-state index in [0.717, 1.165) is 31.4 Å². The molecule has 0 bridgehead atoms. The predicted molar refractivity (Wildman–Crippen MR) is 113 cm³/mol. The van der Waals surface area contributed by atoms with Crippen molar-refractivity contribution in [3.05, 3.63) is 71.0 Å². The third kappa shape index (κ3) is 5.90. The number of carboxylic acid groups (broad SMARTS) is 1. The minimum Gasteiger partial charge on any atom is -0.478 e. The first kappa shape index (κ1) is 24.7. The highest BCUT2D eigenvalue weighted by Gasteiger charge is 2.55. The van der Waals surface area contributed by atoms with Gasteiger partial charge in [-0.05, 0) is 48.2 Å². The topological polar surface area (TPSA) is 68.1 Å². The van der Waals surface area contributed by atoms with Crippen molar-refractivity contribution in [3.63, 3.8) is 0 Å². The number of alkyl halides is 3. The van der Waals surface area contributed by atoms with Crippen molar-refractivity contribution in [2.24, 2.45) is 5.16 Å². The van der Waals surface area contributed by atoms with Crippen LogP contribution in [0.25, 0.3) is 0 Å². The molecule has 1 N–H and O–H groups in total. The Morgan fingerprint density at radius 1 is 1.15 bits per heavy atom. The molecule has 0 saturated heterocycles. The number of carbonyl (C=O) groups is 1. The summed E-state index contributed by atoms with van der Waals surface area (Å²) in [4.78, 5) is 17.8. The summed E-state index contributed by atoms with van der Waals surface area (Å²) in [6, 6.07) is 9.54. The lowest BCUT2D eigenvalue weighted by atomic mass is 9.85. The van der Waals surface area contributed by atoms with Gasteiger partial charge in [-0.2, -0.15) is 13.2 Å². The molecule has 9 heteroatoms. The molecule has 0 spiro atoms. The normalized spacial score (nSPS) is 19.1. The number of oxime groups is 1. The van der Waals surface area contributed by atoms with Crippen LogP contribution in [-0.4, -0.2) is 22.4 Å². The maximum Gasteiger partial charge on any atom is 0.416 e. The molecule has 0 aromatic heterocycles. The molecule has 1 heterocycles. The minimum atomic E-state index is -4.53. The average Bonchev–Trinajstić information content (AvgIpc) is 3.20. The largest absolute Gasteiger partial charge is 0.478 e. The molecular formula is C24H25F4NO4. The number of hydrogen-bond donors (Lipinski definition) is 1. The molecule has 3 rings (SSSR count). The number of rotatable bonds is 10. The monoisotopic (exact) mass is 467 g/mol. The van der Waals surface area contributed by atoms with Gasteiger partial charge in [-0.25, -0.2) is 9.18 Å². The van der Waals surface area contributed by atoms with E-state index in [0.29, 0.717) is 17.7 Å². The Balaban J connectivity index is 1.90. The summed E-state index contributed by atoms with van der Waals surface area (Å²) in [5.41, 5.74) is -1.46. The highest BCUT2D eigenvalue weighted by molar-refractivity contribution is 5.93. The fourth-order valence-corrected chi connectivity index (χ4v) is 3.70. The van der Waals surface area contributed by atoms with Gasteiger partial charge < -0.3 is 14.7 Å². The Bertz CT molecular complexity index is 973. The maximum absolute atomic E-state index is 13.2. The predicted octanol–water partition coefficient (Wildman–Crippen LogP) is 6.28. The smallest absolute Gasteiger partial charge is 0.416 e. The van der Waals surface area contributed by atoms with Gasteiger partial charge >= 0.3 is 12.1 Å². The van der Waals surface area contributed by atoms with Crippen molar-refractivity contribution in [2.45, 2.75) is 63.5 Å². The number of nitrogens with zero attached hydrogens (tertiary/aromatic N) is 1. The number of ether oxygens (including phenoxy) is 1. The molecule has 178 valence electrons. The number of aliphatic carboxylic acids is 1. The van der Waals surface area contributed by atoms with Crippen LogP contribution in [0.5, 0.6) is 0 Å². The first-order valence-electron chi connectivity index (χ1n) is 10.7. The van der Waals surface area contributed by atoms with Crippen LogP contribution in [-0.2, 0) is 27.2 Å². The van der Waals surface area contributed by atoms with Gasteiger partial charge in [-0.15, -0.1) is 0 Å². The van der Waals surface area contributed by atoms with Gasteiger partial charge in [0, 0.05) is 6.42 Å². The molecule has 2 aromatic rings. The fraction of sp³-hybridized carbons (Fsp3) is 0.417. The lowest BCUT2D eigenvalue weighted by molar-refractivity contribution is -0.187. The molecular weight excluding hydrogens is 442 g/mol. The molecule has 0 fully saturated rings. The van der Waals surface area contributed by atoms with Crippen LogP contribution >= 0.6 is 0 Å². The maximum atomic E-state index is 13.2. The number of halogens is 4. The van der Waals surface area contributed by atoms with Crippen molar-refractivity contribution in [1.82, 2.24) is 0 Å². The number of hydrogen-bond acceptors (Lipinski definition) is 4. The molecule has 1 aliphatic heterocycles. The third-order valence-corrected chi connectivity index (χ3v) is 5.53. The van der Waals surface area contributed by atoms with E-state index in [4.69, 9.17) is 9.57 Å². The van der Waals surface area contributed by atoms with Crippen molar-refractivity contribution >= 4 is 11.7 Å². The van der Waals surface area contributed by atoms with Gasteiger partial charge in [-0.1, -0.05) is 49.2 Å². The second kappa shape index (κ2) is 10.3. The van der Waals surface area contributed by atoms with E-state index in [2.05, 4.69) is 5.16 Å². The van der Waals surface area contributed by atoms with E-state index >= 15 is 0 Å². The Kier molecular flexibility index (Phi) is 7.73. The molecule has 5 nitrogen and oxygen atoms in total. The van der Waals surface area contributed by atoms with Crippen molar-refractivity contribution < 1.29 is 37.0 Å². The minimum absolute atomic E-state index is 0.0544. The lowest BCUT2D eigenvalue weighted by Gasteiger charge is -2.31. The van der Waals surface area contributed by atoms with Crippen molar-refractivity contribution in [2.75, 3.05) is 0 Å². The van der Waals surface area contributed by atoms with E-state index in [1.807, 2.05) is 6.92 Å². The first-order valence-corrected chi connectivity index (χ1v) is 10.7. The summed E-state index contributed by atoms with van der Waals surface area (Å²) in [5, 5.41) is 14.1. The van der Waals surface area contributed by atoms with Crippen molar-refractivity contribution in [3.8, 4) is 0 Å². The van der Waals surface area contributed by atoms with Crippen LogP contribution in [0.2, 0.25) is 0 Å². The van der Waals surface area contributed by atoms with E-state index in [-0.39, 0.29) is 18.6 Å². The molecule has 2 atom stereocenters. The highest BCUT2D eigenvalue weighted by Crippen LogP contribution is 2.42. The summed E-state index contributed by atoms with van der Waals surface area (Å²) >= 11 is 0. The molecule has 0 amide bonds. The van der Waals surface area contributed by atoms with E-state index in [1.165, 1.54) is 36.4 Å². The van der Waals surface area contributed by atoms with Crippen LogP contribution in [0, 0.1) is 5.82 Å².